The Labute approximate surface area is 268 Å². The number of nitrogens with zero attached hydrogens (tertiary/aromatic N) is 2. The number of rotatable bonds is 2. The molecule has 0 unspecified atom stereocenters. The summed E-state index contributed by atoms with van der Waals surface area (Å²) in [5, 5.41) is 6.05. The number of benzene rings is 6. The van der Waals surface area contributed by atoms with Crippen molar-refractivity contribution in [2.75, 3.05) is 9.80 Å². The lowest BCUT2D eigenvalue weighted by atomic mass is 9.33. The van der Waals surface area contributed by atoms with Crippen molar-refractivity contribution in [2.45, 2.75) is 6.92 Å². The summed E-state index contributed by atoms with van der Waals surface area (Å²) >= 11 is 3.68. The van der Waals surface area contributed by atoms with E-state index in [0.717, 1.165) is 28.4 Å². The maximum Gasteiger partial charge on any atom is 0.253 e. The molecule has 0 atom stereocenters. The molecule has 0 amide bonds. The van der Waals surface area contributed by atoms with E-state index in [-0.39, 0.29) is 12.5 Å². The normalized spacial score (nSPS) is 13.4. The molecule has 0 saturated carbocycles. The first-order chi connectivity index (χ1) is 22.2. The average Bonchev–Trinajstić information content (AvgIpc) is 3.71. The first kappa shape index (κ1) is 25.4. The second kappa shape index (κ2) is 9.30. The summed E-state index contributed by atoms with van der Waals surface area (Å²) < 4.78 is 18.9. The Balaban J connectivity index is 1.42. The highest BCUT2D eigenvalue weighted by Gasteiger charge is 2.45. The van der Waals surface area contributed by atoms with E-state index in [1.165, 1.54) is 64.0 Å². The van der Waals surface area contributed by atoms with Gasteiger partial charge in [0.05, 0.1) is 10.4 Å². The van der Waals surface area contributed by atoms with Crippen LogP contribution >= 0.6 is 22.7 Å². The first-order valence-corrected chi connectivity index (χ1v) is 16.9. The zero-order valence-electron chi connectivity index (χ0n) is 24.3. The quantitative estimate of drug-likeness (QED) is 0.179. The average molecular weight is 615 g/mol. The number of halogens is 1. The maximum atomic E-state index is 15.0. The van der Waals surface area contributed by atoms with Gasteiger partial charge in [0.25, 0.3) is 6.71 Å². The van der Waals surface area contributed by atoms with Crippen LogP contribution in [0.3, 0.4) is 0 Å². The molecule has 10 rings (SSSR count). The van der Waals surface area contributed by atoms with Gasteiger partial charge in [0.1, 0.15) is 5.82 Å². The lowest BCUT2D eigenvalue weighted by Gasteiger charge is -2.44. The van der Waals surface area contributed by atoms with Gasteiger partial charge in [0, 0.05) is 37.8 Å². The van der Waals surface area contributed by atoms with Gasteiger partial charge < -0.3 is 9.80 Å². The third kappa shape index (κ3) is 3.44. The van der Waals surface area contributed by atoms with Gasteiger partial charge in [0.15, 0.2) is 0 Å². The molecule has 2 aliphatic rings. The van der Waals surface area contributed by atoms with Crippen LogP contribution in [0.5, 0.6) is 0 Å². The molecule has 0 fully saturated rings. The predicted octanol–water partition coefficient (Wildman–Crippen LogP) is 9.80. The number of para-hydroxylation sites is 1. The Kier molecular flexibility index (Phi) is 5.26. The van der Waals surface area contributed by atoms with Crippen molar-refractivity contribution in [3.63, 3.8) is 0 Å². The van der Waals surface area contributed by atoms with Gasteiger partial charge in [-0.1, -0.05) is 60.7 Å². The maximum absolute atomic E-state index is 15.0. The summed E-state index contributed by atoms with van der Waals surface area (Å²) in [6, 6.07) is 42.4. The van der Waals surface area contributed by atoms with E-state index in [2.05, 4.69) is 119 Å². The van der Waals surface area contributed by atoms with Crippen molar-refractivity contribution in [2.24, 2.45) is 0 Å². The number of thiophene rings is 2. The largest absolute Gasteiger partial charge is 0.311 e. The SMILES string of the molecule is Cc1cc2c(c3c1sc1ccccc13)B1c3ccc4ccsc4c3N(c3ccccc3)c3cccc(c31)N2c1cccc(F)c1. The highest BCUT2D eigenvalue weighted by atomic mass is 32.1. The Morgan fingerprint density at radius 1 is 0.644 bits per heavy atom. The fourth-order valence-electron chi connectivity index (χ4n) is 7.71. The molecular weight excluding hydrogens is 590 g/mol. The van der Waals surface area contributed by atoms with E-state index >= 15 is 0 Å². The smallest absolute Gasteiger partial charge is 0.253 e. The number of anilines is 6. The number of fused-ring (bicyclic) bond motifs is 10. The van der Waals surface area contributed by atoms with Crippen LogP contribution in [0.1, 0.15) is 5.56 Å². The molecular formula is C39H24BFN2S2. The summed E-state index contributed by atoms with van der Waals surface area (Å²) in [5.74, 6) is -0.240. The van der Waals surface area contributed by atoms with E-state index in [1.54, 1.807) is 6.07 Å². The molecule has 2 aliphatic heterocycles. The number of hydrogen-bond donors (Lipinski definition) is 0. The van der Waals surface area contributed by atoms with Crippen LogP contribution < -0.4 is 26.2 Å². The van der Waals surface area contributed by atoms with E-state index in [0.29, 0.717) is 0 Å². The van der Waals surface area contributed by atoms with E-state index in [4.69, 9.17) is 0 Å². The molecule has 212 valence electrons. The molecule has 2 nitrogen and oxygen atoms in total. The summed E-state index contributed by atoms with van der Waals surface area (Å²) in [5.41, 5.74) is 11.7. The lowest BCUT2D eigenvalue weighted by molar-refractivity contribution is 0.628. The van der Waals surface area contributed by atoms with Crippen molar-refractivity contribution >= 4 is 110 Å². The second-order valence-electron chi connectivity index (χ2n) is 11.9. The van der Waals surface area contributed by atoms with Crippen molar-refractivity contribution in [1.29, 1.82) is 0 Å². The zero-order chi connectivity index (χ0) is 29.8. The Hall–Kier alpha value is -4.91. The molecule has 0 saturated heterocycles. The molecule has 0 radical (unpaired) electrons. The highest BCUT2D eigenvalue weighted by molar-refractivity contribution is 7.26. The molecule has 2 aromatic heterocycles. The minimum atomic E-state index is -0.240. The highest BCUT2D eigenvalue weighted by Crippen LogP contribution is 2.48. The van der Waals surface area contributed by atoms with Crippen LogP contribution in [0.15, 0.2) is 127 Å². The molecule has 0 aliphatic carbocycles. The van der Waals surface area contributed by atoms with Gasteiger partial charge in [-0.25, -0.2) is 4.39 Å². The van der Waals surface area contributed by atoms with Gasteiger partial charge in [-0.05, 0) is 111 Å². The van der Waals surface area contributed by atoms with Gasteiger partial charge in [0.2, 0.25) is 0 Å². The summed E-state index contributed by atoms with van der Waals surface area (Å²) in [6.45, 7) is 2.22. The van der Waals surface area contributed by atoms with E-state index in [1.807, 2.05) is 34.8 Å². The predicted molar refractivity (Wildman–Crippen MR) is 193 cm³/mol. The van der Waals surface area contributed by atoms with Gasteiger partial charge >= 0.3 is 0 Å². The summed E-state index contributed by atoms with van der Waals surface area (Å²) in [4.78, 5) is 4.75. The molecule has 6 heteroatoms. The Morgan fingerprint density at radius 2 is 1.42 bits per heavy atom. The summed E-state index contributed by atoms with van der Waals surface area (Å²) in [6.07, 6.45) is 0. The minimum Gasteiger partial charge on any atom is -0.311 e. The van der Waals surface area contributed by atoms with Crippen molar-refractivity contribution in [3.05, 3.63) is 138 Å². The fraction of sp³-hybridized carbons (Fsp3) is 0.0256. The minimum absolute atomic E-state index is 0.00132. The lowest BCUT2D eigenvalue weighted by Crippen LogP contribution is -2.61. The van der Waals surface area contributed by atoms with Crippen LogP contribution in [0.25, 0.3) is 30.3 Å². The van der Waals surface area contributed by atoms with Crippen LogP contribution in [0, 0.1) is 12.7 Å². The monoisotopic (exact) mass is 614 g/mol. The van der Waals surface area contributed by atoms with Crippen molar-refractivity contribution in [1.82, 2.24) is 0 Å². The molecule has 0 bridgehead atoms. The van der Waals surface area contributed by atoms with Crippen LogP contribution in [-0.2, 0) is 0 Å². The first-order valence-electron chi connectivity index (χ1n) is 15.2. The van der Waals surface area contributed by atoms with Gasteiger partial charge in [-0.3, -0.25) is 0 Å². The molecule has 0 spiro atoms. The zero-order valence-corrected chi connectivity index (χ0v) is 25.9. The molecule has 0 N–H and O–H groups in total. The molecule has 45 heavy (non-hydrogen) atoms. The molecule has 6 aromatic carbocycles. The fourth-order valence-corrected chi connectivity index (χ4v) is 9.84. The Morgan fingerprint density at radius 3 is 2.29 bits per heavy atom. The standard InChI is InChI=1S/C39H24BFN2S2/c1-23-21-32-36(34-28-13-5-6-16-33(28)45-38(23)34)40-29-18-17-24-19-20-44-39(24)37(29)43(26-10-3-2-4-11-26)31-15-8-14-30(35(31)40)42(32)27-12-7-9-25(41)22-27/h2-22H,1H3. The summed E-state index contributed by atoms with van der Waals surface area (Å²) in [7, 11) is 0. The van der Waals surface area contributed by atoms with Crippen LogP contribution in [0.4, 0.5) is 38.5 Å². The van der Waals surface area contributed by atoms with E-state index in [9.17, 15) is 4.39 Å². The number of aryl methyl sites for hydroxylation is 1. The number of hydrogen-bond acceptors (Lipinski definition) is 4. The third-order valence-electron chi connectivity index (χ3n) is 9.45. The van der Waals surface area contributed by atoms with Crippen molar-refractivity contribution in [3.8, 4) is 0 Å². The van der Waals surface area contributed by atoms with Crippen molar-refractivity contribution < 1.29 is 4.39 Å². The van der Waals surface area contributed by atoms with Crippen LogP contribution in [0.2, 0.25) is 0 Å². The molecule has 4 heterocycles. The van der Waals surface area contributed by atoms with Crippen LogP contribution in [-0.4, -0.2) is 6.71 Å². The van der Waals surface area contributed by atoms with Gasteiger partial charge in [-0.2, -0.15) is 0 Å². The topological polar surface area (TPSA) is 6.48 Å². The van der Waals surface area contributed by atoms with E-state index < -0.39 is 0 Å². The molecule has 8 aromatic rings. The second-order valence-corrected chi connectivity index (χ2v) is 13.9. The Bertz CT molecular complexity index is 2500. The third-order valence-corrected chi connectivity index (χ3v) is 11.7. The van der Waals surface area contributed by atoms with Gasteiger partial charge in [-0.15, -0.1) is 22.7 Å².